The van der Waals surface area contributed by atoms with Crippen LogP contribution in [0.25, 0.3) is 0 Å². The van der Waals surface area contributed by atoms with Crippen LogP contribution >= 0.6 is 0 Å². The van der Waals surface area contributed by atoms with Crippen LogP contribution in [0.15, 0.2) is 24.3 Å². The van der Waals surface area contributed by atoms with Gasteiger partial charge in [0.25, 0.3) is 0 Å². The van der Waals surface area contributed by atoms with Crippen LogP contribution < -0.4 is 4.74 Å². The third kappa shape index (κ3) is 3.87. The molecule has 0 saturated carbocycles. The molecule has 0 heterocycles. The first kappa shape index (κ1) is 12.0. The first-order valence-electron chi connectivity index (χ1n) is 4.83. The first-order chi connectivity index (χ1) is 7.13. The Morgan fingerprint density at radius 2 is 1.80 bits per heavy atom. The lowest BCUT2D eigenvalue weighted by atomic mass is 10.1. The minimum atomic E-state index is -0.860. The summed E-state index contributed by atoms with van der Waals surface area (Å²) in [5.41, 5.74) is 0.810. The highest BCUT2D eigenvalue weighted by Crippen LogP contribution is 2.17. The summed E-state index contributed by atoms with van der Waals surface area (Å²) < 4.78 is 5.20. The molecule has 3 N–H and O–H groups in total. The maximum Gasteiger partial charge on any atom is 0.119 e. The standard InChI is InChI=1S/C11H16O4/c1-8(13)9-2-4-11(5-3-9)15-7-10(14)6-12/h2-5,8,10,12-14H,6-7H2,1H3. The van der Waals surface area contributed by atoms with Gasteiger partial charge in [0.15, 0.2) is 0 Å². The van der Waals surface area contributed by atoms with E-state index >= 15 is 0 Å². The van der Waals surface area contributed by atoms with Gasteiger partial charge in [-0.05, 0) is 24.6 Å². The van der Waals surface area contributed by atoms with Crippen LogP contribution in [0.5, 0.6) is 5.75 Å². The fourth-order valence-corrected chi connectivity index (χ4v) is 1.09. The molecule has 0 bridgehead atoms. The van der Waals surface area contributed by atoms with Crippen molar-refractivity contribution in [1.29, 1.82) is 0 Å². The Labute approximate surface area is 88.8 Å². The minimum absolute atomic E-state index is 0.0600. The molecule has 84 valence electrons. The Morgan fingerprint density at radius 3 is 2.27 bits per heavy atom. The van der Waals surface area contributed by atoms with Gasteiger partial charge in [0.2, 0.25) is 0 Å². The van der Waals surface area contributed by atoms with E-state index in [0.717, 1.165) is 5.56 Å². The van der Waals surface area contributed by atoms with Crippen LogP contribution in [-0.4, -0.2) is 34.6 Å². The summed E-state index contributed by atoms with van der Waals surface area (Å²) in [5, 5.41) is 26.9. The molecule has 0 aromatic heterocycles. The highest BCUT2D eigenvalue weighted by molar-refractivity contribution is 5.28. The van der Waals surface area contributed by atoms with E-state index in [-0.39, 0.29) is 13.2 Å². The number of rotatable bonds is 5. The predicted molar refractivity (Wildman–Crippen MR) is 55.7 cm³/mol. The number of ether oxygens (including phenoxy) is 1. The van der Waals surface area contributed by atoms with Gasteiger partial charge < -0.3 is 20.1 Å². The van der Waals surface area contributed by atoms with Crippen molar-refractivity contribution in [2.75, 3.05) is 13.2 Å². The van der Waals surface area contributed by atoms with Crippen molar-refractivity contribution in [3.8, 4) is 5.75 Å². The second kappa shape index (κ2) is 5.70. The molecule has 4 heteroatoms. The first-order valence-corrected chi connectivity index (χ1v) is 4.83. The summed E-state index contributed by atoms with van der Waals surface area (Å²) in [6.07, 6.45) is -1.36. The topological polar surface area (TPSA) is 69.9 Å². The van der Waals surface area contributed by atoms with Crippen LogP contribution in [0, 0.1) is 0 Å². The lowest BCUT2D eigenvalue weighted by molar-refractivity contribution is 0.0536. The number of benzene rings is 1. The molecule has 0 radical (unpaired) electrons. The van der Waals surface area contributed by atoms with Crippen LogP contribution in [0.3, 0.4) is 0 Å². The Balaban J connectivity index is 2.50. The largest absolute Gasteiger partial charge is 0.491 e. The molecular formula is C11H16O4. The molecule has 1 rings (SSSR count). The third-order valence-electron chi connectivity index (χ3n) is 2.02. The van der Waals surface area contributed by atoms with E-state index in [4.69, 9.17) is 14.9 Å². The van der Waals surface area contributed by atoms with Gasteiger partial charge in [-0.3, -0.25) is 0 Å². The maximum atomic E-state index is 9.26. The Morgan fingerprint density at radius 1 is 1.20 bits per heavy atom. The molecule has 0 saturated heterocycles. The quantitative estimate of drug-likeness (QED) is 0.663. The fraction of sp³-hybridized carbons (Fsp3) is 0.455. The zero-order valence-electron chi connectivity index (χ0n) is 8.63. The van der Waals surface area contributed by atoms with Crippen LogP contribution in [0.4, 0.5) is 0 Å². The molecule has 0 fully saturated rings. The van der Waals surface area contributed by atoms with E-state index < -0.39 is 12.2 Å². The molecule has 0 amide bonds. The van der Waals surface area contributed by atoms with Gasteiger partial charge in [-0.25, -0.2) is 0 Å². The van der Waals surface area contributed by atoms with Crippen molar-refractivity contribution < 1.29 is 20.1 Å². The van der Waals surface area contributed by atoms with Crippen molar-refractivity contribution in [3.05, 3.63) is 29.8 Å². The number of hydrogen-bond donors (Lipinski definition) is 3. The van der Waals surface area contributed by atoms with E-state index in [2.05, 4.69) is 0 Å². The van der Waals surface area contributed by atoms with E-state index in [0.29, 0.717) is 5.75 Å². The van der Waals surface area contributed by atoms with Gasteiger partial charge in [-0.15, -0.1) is 0 Å². The SMILES string of the molecule is CC(O)c1ccc(OCC(O)CO)cc1. The van der Waals surface area contributed by atoms with E-state index in [1.807, 2.05) is 0 Å². The van der Waals surface area contributed by atoms with Gasteiger partial charge in [-0.2, -0.15) is 0 Å². The third-order valence-corrected chi connectivity index (χ3v) is 2.02. The number of aliphatic hydroxyl groups is 3. The van der Waals surface area contributed by atoms with Gasteiger partial charge >= 0.3 is 0 Å². The van der Waals surface area contributed by atoms with Crippen molar-refractivity contribution in [1.82, 2.24) is 0 Å². The van der Waals surface area contributed by atoms with Gasteiger partial charge in [0.1, 0.15) is 18.5 Å². The number of hydrogen-bond acceptors (Lipinski definition) is 4. The minimum Gasteiger partial charge on any atom is -0.491 e. The van der Waals surface area contributed by atoms with Crippen LogP contribution in [0.1, 0.15) is 18.6 Å². The molecule has 0 aliphatic heterocycles. The van der Waals surface area contributed by atoms with Crippen LogP contribution in [0.2, 0.25) is 0 Å². The monoisotopic (exact) mass is 212 g/mol. The molecule has 0 aliphatic carbocycles. The molecule has 1 aromatic carbocycles. The molecule has 1 aromatic rings. The predicted octanol–water partition coefficient (Wildman–Crippen LogP) is 0.472. The summed E-state index contributed by atoms with van der Waals surface area (Å²) in [5.74, 6) is 0.604. The molecule has 2 unspecified atom stereocenters. The highest BCUT2D eigenvalue weighted by atomic mass is 16.5. The number of aliphatic hydroxyl groups excluding tert-OH is 3. The Bertz CT molecular complexity index is 281. The molecule has 4 nitrogen and oxygen atoms in total. The summed E-state index contributed by atoms with van der Waals surface area (Å²) in [6.45, 7) is 1.43. The summed E-state index contributed by atoms with van der Waals surface area (Å²) in [7, 11) is 0. The smallest absolute Gasteiger partial charge is 0.119 e. The Hall–Kier alpha value is -1.10. The van der Waals surface area contributed by atoms with Gasteiger partial charge in [0, 0.05) is 0 Å². The zero-order chi connectivity index (χ0) is 11.3. The van der Waals surface area contributed by atoms with E-state index in [9.17, 15) is 5.11 Å². The van der Waals surface area contributed by atoms with E-state index in [1.54, 1.807) is 31.2 Å². The molecule has 2 atom stereocenters. The summed E-state index contributed by atoms with van der Waals surface area (Å²) in [6, 6.07) is 6.94. The highest BCUT2D eigenvalue weighted by Gasteiger charge is 2.04. The molecule has 15 heavy (non-hydrogen) atoms. The van der Waals surface area contributed by atoms with Crippen molar-refractivity contribution in [2.45, 2.75) is 19.1 Å². The second-order valence-corrected chi connectivity index (χ2v) is 3.39. The maximum absolute atomic E-state index is 9.26. The average molecular weight is 212 g/mol. The normalized spacial score (nSPS) is 14.7. The molecule has 0 spiro atoms. The van der Waals surface area contributed by atoms with Crippen LogP contribution in [-0.2, 0) is 0 Å². The van der Waals surface area contributed by atoms with Gasteiger partial charge in [0.05, 0.1) is 12.7 Å². The van der Waals surface area contributed by atoms with Crippen molar-refractivity contribution in [3.63, 3.8) is 0 Å². The van der Waals surface area contributed by atoms with E-state index in [1.165, 1.54) is 0 Å². The van der Waals surface area contributed by atoms with Crippen molar-refractivity contribution >= 4 is 0 Å². The van der Waals surface area contributed by atoms with Gasteiger partial charge in [-0.1, -0.05) is 12.1 Å². The average Bonchev–Trinajstić information content (AvgIpc) is 2.26. The second-order valence-electron chi connectivity index (χ2n) is 3.39. The molecule has 0 aliphatic rings. The van der Waals surface area contributed by atoms with Crippen molar-refractivity contribution in [2.24, 2.45) is 0 Å². The lowest BCUT2D eigenvalue weighted by Crippen LogP contribution is -2.21. The Kier molecular flexibility index (Phi) is 4.55. The lowest BCUT2D eigenvalue weighted by Gasteiger charge is -2.10. The summed E-state index contributed by atoms with van der Waals surface area (Å²) in [4.78, 5) is 0. The fourth-order valence-electron chi connectivity index (χ4n) is 1.09. The molecular weight excluding hydrogens is 196 g/mol. The zero-order valence-corrected chi connectivity index (χ0v) is 8.63. The summed E-state index contributed by atoms with van der Waals surface area (Å²) >= 11 is 0.